The molecule has 2 fully saturated rings. The van der Waals surface area contributed by atoms with Gasteiger partial charge in [0.1, 0.15) is 5.82 Å². The van der Waals surface area contributed by atoms with Gasteiger partial charge in [0, 0.05) is 51.4 Å². The van der Waals surface area contributed by atoms with Gasteiger partial charge in [0.15, 0.2) is 0 Å². The Labute approximate surface area is 219 Å². The molecule has 1 aromatic heterocycles. The second-order valence-corrected chi connectivity index (χ2v) is 9.80. The molecule has 3 amide bonds. The Morgan fingerprint density at radius 1 is 1.00 bits per heavy atom. The maximum Gasteiger partial charge on any atom is 0.290 e. The number of nitrogens with zero attached hydrogens (tertiary/aromatic N) is 5. The first-order valence-corrected chi connectivity index (χ1v) is 12.8. The van der Waals surface area contributed by atoms with Crippen molar-refractivity contribution in [3.05, 3.63) is 88.5 Å². The second-order valence-electron chi connectivity index (χ2n) is 8.79. The monoisotopic (exact) mass is 514 g/mol. The van der Waals surface area contributed by atoms with Crippen molar-refractivity contribution in [2.24, 2.45) is 0 Å². The van der Waals surface area contributed by atoms with E-state index < -0.39 is 11.1 Å². The molecule has 3 aromatic rings. The maximum atomic E-state index is 12.9. The van der Waals surface area contributed by atoms with Crippen LogP contribution in [0.4, 0.5) is 16.6 Å². The fourth-order valence-electron chi connectivity index (χ4n) is 4.22. The molecular weight excluding hydrogens is 488 g/mol. The molecule has 0 saturated carbocycles. The van der Waals surface area contributed by atoms with E-state index in [4.69, 9.17) is 9.97 Å². The molecule has 1 N–H and O–H groups in total. The van der Waals surface area contributed by atoms with Crippen LogP contribution in [0.15, 0.2) is 71.6 Å². The summed E-state index contributed by atoms with van der Waals surface area (Å²) >= 11 is 0.858. The summed E-state index contributed by atoms with van der Waals surface area (Å²) in [6, 6.07) is 21.1. The van der Waals surface area contributed by atoms with Crippen molar-refractivity contribution < 1.29 is 14.4 Å². The zero-order valence-corrected chi connectivity index (χ0v) is 21.1. The maximum absolute atomic E-state index is 12.9. The van der Waals surface area contributed by atoms with E-state index in [-0.39, 0.29) is 5.91 Å². The molecule has 10 heteroatoms. The molecule has 0 bridgehead atoms. The Morgan fingerprint density at radius 3 is 2.32 bits per heavy atom. The highest BCUT2D eigenvalue weighted by Crippen LogP contribution is 2.27. The van der Waals surface area contributed by atoms with Gasteiger partial charge in [-0.25, -0.2) is 4.98 Å². The molecule has 37 heavy (non-hydrogen) atoms. The Bertz CT molecular complexity index is 1340. The van der Waals surface area contributed by atoms with Gasteiger partial charge < -0.3 is 14.7 Å². The molecule has 0 radical (unpaired) electrons. The summed E-state index contributed by atoms with van der Waals surface area (Å²) in [5.41, 5.74) is 2.34. The quantitative estimate of drug-likeness (QED) is 0.500. The molecule has 0 unspecified atom stereocenters. The topological polar surface area (TPSA) is 98.7 Å². The van der Waals surface area contributed by atoms with Crippen LogP contribution in [0.1, 0.15) is 21.6 Å². The van der Waals surface area contributed by atoms with Crippen LogP contribution in [0.3, 0.4) is 0 Å². The van der Waals surface area contributed by atoms with Gasteiger partial charge in [0.05, 0.1) is 10.6 Å². The third-order valence-electron chi connectivity index (χ3n) is 6.17. The molecule has 0 spiro atoms. The third-order valence-corrected chi connectivity index (χ3v) is 6.98. The summed E-state index contributed by atoms with van der Waals surface area (Å²) in [4.78, 5) is 52.4. The highest BCUT2D eigenvalue weighted by molar-refractivity contribution is 8.18. The number of rotatable bonds is 6. The van der Waals surface area contributed by atoms with Gasteiger partial charge >= 0.3 is 0 Å². The summed E-state index contributed by atoms with van der Waals surface area (Å²) in [6.07, 6.45) is 1.62. The number of thioether (sulfide) groups is 1. The van der Waals surface area contributed by atoms with Crippen LogP contribution in [0.5, 0.6) is 0 Å². The highest BCUT2D eigenvalue weighted by atomic mass is 32.2. The van der Waals surface area contributed by atoms with Gasteiger partial charge in [0.25, 0.3) is 17.1 Å². The molecule has 3 heterocycles. The Hall–Kier alpha value is -4.18. The number of anilines is 2. The fourth-order valence-corrected chi connectivity index (χ4v) is 4.88. The van der Waals surface area contributed by atoms with E-state index in [0.29, 0.717) is 60.7 Å². The number of hydrogen-bond acceptors (Lipinski definition) is 8. The minimum Gasteiger partial charge on any atom is -0.355 e. The van der Waals surface area contributed by atoms with Crippen LogP contribution in [-0.2, 0) is 11.3 Å². The van der Waals surface area contributed by atoms with Crippen molar-refractivity contribution >= 4 is 46.7 Å². The predicted octanol–water partition coefficient (Wildman–Crippen LogP) is 3.40. The lowest BCUT2D eigenvalue weighted by molar-refractivity contribution is -0.115. The first-order chi connectivity index (χ1) is 18.0. The Balaban J connectivity index is 1.38. The SMILES string of the molecule is CN(Cc1ccccc1)c1cc(/C=C2\SC(=O)NC2=O)nc(N2CCN(C(=O)c3ccccc3)CC2)n1. The molecular formula is C27H26N6O3S. The number of piperazine rings is 1. The largest absolute Gasteiger partial charge is 0.355 e. The van der Waals surface area contributed by atoms with Crippen molar-refractivity contribution in [3.63, 3.8) is 0 Å². The number of imide groups is 1. The summed E-state index contributed by atoms with van der Waals surface area (Å²) in [6.45, 7) is 2.89. The van der Waals surface area contributed by atoms with E-state index in [1.54, 1.807) is 6.08 Å². The third kappa shape index (κ3) is 5.80. The lowest BCUT2D eigenvalue weighted by Gasteiger charge is -2.35. The van der Waals surface area contributed by atoms with Gasteiger partial charge in [0.2, 0.25) is 5.95 Å². The van der Waals surface area contributed by atoms with E-state index >= 15 is 0 Å². The zero-order valence-electron chi connectivity index (χ0n) is 20.3. The molecule has 9 nitrogen and oxygen atoms in total. The minimum absolute atomic E-state index is 0.0110. The Kier molecular flexibility index (Phi) is 7.18. The van der Waals surface area contributed by atoms with Crippen molar-refractivity contribution in [2.45, 2.75) is 6.54 Å². The fraction of sp³-hybridized carbons (Fsp3) is 0.222. The second kappa shape index (κ2) is 10.8. The highest BCUT2D eigenvalue weighted by Gasteiger charge is 2.27. The summed E-state index contributed by atoms with van der Waals surface area (Å²) in [7, 11) is 1.95. The average Bonchev–Trinajstić information content (AvgIpc) is 3.25. The number of amides is 3. The average molecular weight is 515 g/mol. The molecule has 2 aliphatic rings. The lowest BCUT2D eigenvalue weighted by Crippen LogP contribution is -2.49. The standard InChI is InChI=1S/C27H26N6O3S/c1-31(18-19-8-4-2-5-9-19)23-17-21(16-22-24(34)30-27(36)37-22)28-26(29-23)33-14-12-32(13-15-33)25(35)20-10-6-3-7-11-20/h2-11,16-17H,12-15,18H2,1H3,(H,30,34,36)/b22-16-. The van der Waals surface area contributed by atoms with Crippen LogP contribution < -0.4 is 15.1 Å². The van der Waals surface area contributed by atoms with E-state index in [2.05, 4.69) is 17.4 Å². The molecule has 0 aliphatic carbocycles. The first-order valence-electron chi connectivity index (χ1n) is 11.9. The van der Waals surface area contributed by atoms with Crippen LogP contribution in [0.2, 0.25) is 0 Å². The number of nitrogens with one attached hydrogen (secondary N) is 1. The normalized spacial score (nSPS) is 16.7. The van der Waals surface area contributed by atoms with Crippen LogP contribution in [0.25, 0.3) is 6.08 Å². The van der Waals surface area contributed by atoms with Gasteiger partial charge in [-0.05, 0) is 35.5 Å². The van der Waals surface area contributed by atoms with Gasteiger partial charge in [-0.2, -0.15) is 4.98 Å². The molecule has 0 atom stereocenters. The summed E-state index contributed by atoms with van der Waals surface area (Å²) in [5.74, 6) is 0.795. The van der Waals surface area contributed by atoms with Crippen molar-refractivity contribution in [1.29, 1.82) is 0 Å². The molecule has 2 aliphatic heterocycles. The van der Waals surface area contributed by atoms with Gasteiger partial charge in [-0.3, -0.25) is 19.7 Å². The van der Waals surface area contributed by atoms with Crippen LogP contribution in [-0.4, -0.2) is 65.1 Å². The smallest absolute Gasteiger partial charge is 0.290 e. The van der Waals surface area contributed by atoms with E-state index in [1.165, 1.54) is 0 Å². The predicted molar refractivity (Wildman–Crippen MR) is 144 cm³/mol. The minimum atomic E-state index is -0.428. The van der Waals surface area contributed by atoms with Gasteiger partial charge in [-0.1, -0.05) is 48.5 Å². The number of benzene rings is 2. The lowest BCUT2D eigenvalue weighted by atomic mass is 10.2. The van der Waals surface area contributed by atoms with Crippen molar-refractivity contribution in [2.75, 3.05) is 43.0 Å². The molecule has 5 rings (SSSR count). The summed E-state index contributed by atoms with van der Waals surface area (Å²) < 4.78 is 0. The Morgan fingerprint density at radius 2 is 1.68 bits per heavy atom. The number of hydrogen-bond donors (Lipinski definition) is 1. The van der Waals surface area contributed by atoms with E-state index in [1.807, 2.05) is 76.3 Å². The first kappa shape index (κ1) is 24.5. The van der Waals surface area contributed by atoms with Crippen LogP contribution >= 0.6 is 11.8 Å². The molecule has 2 aromatic carbocycles. The number of carbonyl (C=O) groups is 3. The molecule has 188 valence electrons. The van der Waals surface area contributed by atoms with Crippen molar-refractivity contribution in [3.8, 4) is 0 Å². The number of aromatic nitrogens is 2. The number of carbonyl (C=O) groups excluding carboxylic acids is 3. The summed E-state index contributed by atoms with van der Waals surface area (Å²) in [5, 5.41) is 1.88. The van der Waals surface area contributed by atoms with Crippen LogP contribution in [0, 0.1) is 0 Å². The molecule has 2 saturated heterocycles. The van der Waals surface area contributed by atoms with Gasteiger partial charge in [-0.15, -0.1) is 0 Å². The van der Waals surface area contributed by atoms with E-state index in [9.17, 15) is 14.4 Å². The van der Waals surface area contributed by atoms with Crippen molar-refractivity contribution in [1.82, 2.24) is 20.2 Å². The zero-order chi connectivity index (χ0) is 25.8. The van der Waals surface area contributed by atoms with E-state index in [0.717, 1.165) is 17.3 Å².